The number of rotatable bonds is 3. The van der Waals surface area contributed by atoms with Crippen LogP contribution in [0.15, 0.2) is 0 Å². The van der Waals surface area contributed by atoms with Gasteiger partial charge in [-0.1, -0.05) is 0 Å². The molecule has 1 N–H and O–H groups in total. The third-order valence-electron chi connectivity index (χ3n) is 2.65. The van der Waals surface area contributed by atoms with E-state index in [-0.39, 0.29) is 42.9 Å². The van der Waals surface area contributed by atoms with Crippen LogP contribution in [0.3, 0.4) is 0 Å². The molecule has 0 aromatic rings. The Morgan fingerprint density at radius 2 is 2.07 bits per heavy atom. The van der Waals surface area contributed by atoms with E-state index in [0.29, 0.717) is 6.54 Å². The molecule has 1 aliphatic carbocycles. The summed E-state index contributed by atoms with van der Waals surface area (Å²) in [6, 6.07) is 0. The molecule has 0 radical (unpaired) electrons. The molecule has 1 saturated carbocycles. The topological polar surface area (TPSA) is 29.1 Å². The van der Waals surface area contributed by atoms with E-state index in [9.17, 15) is 13.6 Å². The quantitative estimate of drug-likeness (QED) is 0.754. The summed E-state index contributed by atoms with van der Waals surface area (Å²) in [5.41, 5.74) is 0. The van der Waals surface area contributed by atoms with Crippen LogP contribution in [0, 0.1) is 5.92 Å². The Bertz CT molecular complexity index is 223. The molecule has 5 heteroatoms. The zero-order valence-electron chi connectivity index (χ0n) is 8.73. The van der Waals surface area contributed by atoms with Crippen molar-refractivity contribution in [1.82, 2.24) is 5.32 Å². The van der Waals surface area contributed by atoms with Crippen molar-refractivity contribution in [2.75, 3.05) is 6.54 Å². The SMILES string of the molecule is CC(Cl)CNC(=O)C1CCC(F)(F)CC1. The zero-order chi connectivity index (χ0) is 11.5. The Labute approximate surface area is 93.4 Å². The second-order valence-electron chi connectivity index (χ2n) is 4.16. The Morgan fingerprint density at radius 3 is 2.53 bits per heavy atom. The highest BCUT2D eigenvalue weighted by Crippen LogP contribution is 2.36. The number of carbonyl (C=O) groups excluding carboxylic acids is 1. The lowest BCUT2D eigenvalue weighted by Gasteiger charge is -2.27. The highest BCUT2D eigenvalue weighted by Gasteiger charge is 2.37. The first-order chi connectivity index (χ1) is 6.91. The Morgan fingerprint density at radius 1 is 1.53 bits per heavy atom. The Kier molecular flexibility index (Phi) is 4.32. The number of hydrogen-bond donors (Lipinski definition) is 1. The monoisotopic (exact) mass is 239 g/mol. The van der Waals surface area contributed by atoms with Crippen molar-refractivity contribution in [1.29, 1.82) is 0 Å². The van der Waals surface area contributed by atoms with E-state index in [4.69, 9.17) is 11.6 Å². The lowest BCUT2D eigenvalue weighted by atomic mass is 9.86. The highest BCUT2D eigenvalue weighted by atomic mass is 35.5. The summed E-state index contributed by atoms with van der Waals surface area (Å²) in [5.74, 6) is -2.98. The predicted molar refractivity (Wildman–Crippen MR) is 55.2 cm³/mol. The van der Waals surface area contributed by atoms with Crippen molar-refractivity contribution >= 4 is 17.5 Å². The van der Waals surface area contributed by atoms with Crippen LogP contribution < -0.4 is 5.32 Å². The number of nitrogens with one attached hydrogen (secondary N) is 1. The second kappa shape index (κ2) is 5.10. The van der Waals surface area contributed by atoms with Crippen LogP contribution in [-0.2, 0) is 4.79 Å². The summed E-state index contributed by atoms with van der Waals surface area (Å²) in [7, 11) is 0. The number of hydrogen-bond acceptors (Lipinski definition) is 1. The second-order valence-corrected chi connectivity index (χ2v) is 4.90. The number of halogens is 3. The third kappa shape index (κ3) is 4.33. The summed E-state index contributed by atoms with van der Waals surface area (Å²) in [4.78, 5) is 11.5. The highest BCUT2D eigenvalue weighted by molar-refractivity contribution is 6.20. The molecule has 0 aromatic carbocycles. The van der Waals surface area contributed by atoms with Gasteiger partial charge in [-0.2, -0.15) is 0 Å². The molecule has 1 atom stereocenters. The fourth-order valence-corrected chi connectivity index (χ4v) is 1.77. The van der Waals surface area contributed by atoms with E-state index in [1.165, 1.54) is 0 Å². The van der Waals surface area contributed by atoms with Crippen molar-refractivity contribution in [2.45, 2.75) is 43.9 Å². The molecule has 0 aromatic heterocycles. The van der Waals surface area contributed by atoms with E-state index in [1.807, 2.05) is 0 Å². The Balaban J connectivity index is 2.30. The number of carbonyl (C=O) groups is 1. The van der Waals surface area contributed by atoms with Crippen molar-refractivity contribution in [3.8, 4) is 0 Å². The smallest absolute Gasteiger partial charge is 0.248 e. The van der Waals surface area contributed by atoms with Crippen molar-refractivity contribution < 1.29 is 13.6 Å². The molecule has 0 spiro atoms. The van der Waals surface area contributed by atoms with Gasteiger partial charge in [-0.05, 0) is 19.8 Å². The van der Waals surface area contributed by atoms with Gasteiger partial charge in [0.2, 0.25) is 11.8 Å². The molecule has 0 heterocycles. The van der Waals surface area contributed by atoms with Gasteiger partial charge in [0.15, 0.2) is 0 Å². The Hall–Kier alpha value is -0.380. The first kappa shape index (κ1) is 12.7. The summed E-state index contributed by atoms with van der Waals surface area (Å²) < 4.78 is 25.6. The first-order valence-corrected chi connectivity index (χ1v) is 5.64. The third-order valence-corrected chi connectivity index (χ3v) is 2.80. The minimum atomic E-state index is -2.57. The van der Waals surface area contributed by atoms with E-state index in [2.05, 4.69) is 5.32 Å². The van der Waals surface area contributed by atoms with Crippen LogP contribution >= 0.6 is 11.6 Å². The summed E-state index contributed by atoms with van der Waals surface area (Å²) in [6.45, 7) is 2.17. The lowest BCUT2D eigenvalue weighted by molar-refractivity contribution is -0.129. The van der Waals surface area contributed by atoms with E-state index in [0.717, 1.165) is 0 Å². The molecule has 1 amide bonds. The lowest BCUT2D eigenvalue weighted by Crippen LogP contribution is -2.37. The molecule has 1 rings (SSSR count). The molecule has 0 bridgehead atoms. The van der Waals surface area contributed by atoms with E-state index < -0.39 is 5.92 Å². The van der Waals surface area contributed by atoms with Gasteiger partial charge in [0, 0.05) is 30.7 Å². The summed E-state index contributed by atoms with van der Waals surface area (Å²) in [5, 5.41) is 2.54. The van der Waals surface area contributed by atoms with Gasteiger partial charge in [-0.15, -0.1) is 11.6 Å². The molecule has 88 valence electrons. The normalized spacial score (nSPS) is 23.5. The van der Waals surface area contributed by atoms with Gasteiger partial charge < -0.3 is 5.32 Å². The van der Waals surface area contributed by atoms with Crippen LogP contribution in [-0.4, -0.2) is 23.8 Å². The zero-order valence-corrected chi connectivity index (χ0v) is 9.49. The molecular weight excluding hydrogens is 224 g/mol. The average Bonchev–Trinajstić information content (AvgIpc) is 2.14. The number of amides is 1. The molecule has 1 fully saturated rings. The maximum atomic E-state index is 12.8. The fourth-order valence-electron chi connectivity index (χ4n) is 1.69. The predicted octanol–water partition coefficient (Wildman–Crippen LogP) is 2.56. The minimum Gasteiger partial charge on any atom is -0.354 e. The summed E-state index contributed by atoms with van der Waals surface area (Å²) >= 11 is 5.67. The van der Waals surface area contributed by atoms with Gasteiger partial charge in [-0.25, -0.2) is 8.78 Å². The van der Waals surface area contributed by atoms with Gasteiger partial charge in [0.05, 0.1) is 0 Å². The molecular formula is C10H16ClF2NO. The standard InChI is InChI=1S/C10H16ClF2NO/c1-7(11)6-14-9(15)8-2-4-10(12,13)5-3-8/h7-8H,2-6H2,1H3,(H,14,15). The van der Waals surface area contributed by atoms with Crippen LogP contribution in [0.1, 0.15) is 32.6 Å². The van der Waals surface area contributed by atoms with Crippen LogP contribution in [0.4, 0.5) is 8.78 Å². The van der Waals surface area contributed by atoms with E-state index in [1.54, 1.807) is 6.92 Å². The largest absolute Gasteiger partial charge is 0.354 e. The van der Waals surface area contributed by atoms with Crippen LogP contribution in [0.2, 0.25) is 0 Å². The number of alkyl halides is 3. The molecule has 1 unspecified atom stereocenters. The van der Waals surface area contributed by atoms with Gasteiger partial charge in [0.1, 0.15) is 0 Å². The minimum absolute atomic E-state index is 0.126. The van der Waals surface area contributed by atoms with Gasteiger partial charge in [-0.3, -0.25) is 4.79 Å². The van der Waals surface area contributed by atoms with Crippen LogP contribution in [0.25, 0.3) is 0 Å². The maximum absolute atomic E-state index is 12.8. The average molecular weight is 240 g/mol. The van der Waals surface area contributed by atoms with Crippen molar-refractivity contribution in [3.63, 3.8) is 0 Å². The van der Waals surface area contributed by atoms with Crippen molar-refractivity contribution in [2.24, 2.45) is 5.92 Å². The van der Waals surface area contributed by atoms with Crippen LogP contribution in [0.5, 0.6) is 0 Å². The van der Waals surface area contributed by atoms with Gasteiger partial charge >= 0.3 is 0 Å². The summed E-state index contributed by atoms with van der Waals surface area (Å²) in [6.07, 6.45) is 0.189. The molecule has 0 saturated heterocycles. The molecule has 15 heavy (non-hydrogen) atoms. The van der Waals surface area contributed by atoms with Gasteiger partial charge in [0.25, 0.3) is 0 Å². The van der Waals surface area contributed by atoms with Crippen molar-refractivity contribution in [3.05, 3.63) is 0 Å². The molecule has 2 nitrogen and oxygen atoms in total. The fraction of sp³-hybridized carbons (Fsp3) is 0.900. The van der Waals surface area contributed by atoms with E-state index >= 15 is 0 Å². The molecule has 1 aliphatic rings. The molecule has 0 aliphatic heterocycles. The first-order valence-electron chi connectivity index (χ1n) is 5.20. The maximum Gasteiger partial charge on any atom is 0.248 e.